The molecule has 0 radical (unpaired) electrons. The van der Waals surface area contributed by atoms with Gasteiger partial charge in [-0.05, 0) is 72.4 Å². The van der Waals surface area contributed by atoms with Crippen LogP contribution in [0.25, 0.3) is 0 Å². The number of carbonyl (C=O) groups excluding carboxylic acids is 2. The highest BCUT2D eigenvalue weighted by Gasteiger charge is 2.44. The molecule has 168 valence electrons. The van der Waals surface area contributed by atoms with Crippen molar-refractivity contribution in [3.63, 3.8) is 0 Å². The number of hydrogen-bond donors (Lipinski definition) is 1. The molecule has 1 heterocycles. The number of halogens is 3. The van der Waals surface area contributed by atoms with Gasteiger partial charge in [-0.3, -0.25) is 14.5 Å². The Labute approximate surface area is 199 Å². The minimum Gasteiger partial charge on any atom is -0.332 e. The van der Waals surface area contributed by atoms with Crippen LogP contribution in [0.3, 0.4) is 0 Å². The maximum absolute atomic E-state index is 13.4. The molecule has 0 bridgehead atoms. The SMILES string of the molecule is O=C(CC1C(=O)N(c2cccc(Cl)c2)C(=S)N1Cc1ccc(F)cc1)Nc1ccc(F)cc1. The summed E-state index contributed by atoms with van der Waals surface area (Å²) >= 11 is 11.7. The van der Waals surface area contributed by atoms with Crippen LogP contribution in [0.1, 0.15) is 12.0 Å². The van der Waals surface area contributed by atoms with E-state index in [4.69, 9.17) is 23.8 Å². The fraction of sp³-hybridized carbons (Fsp3) is 0.125. The van der Waals surface area contributed by atoms with Crippen molar-refractivity contribution in [1.29, 1.82) is 0 Å². The van der Waals surface area contributed by atoms with E-state index in [1.807, 2.05) is 0 Å². The Kier molecular flexibility index (Phi) is 6.67. The average Bonchev–Trinajstić information content (AvgIpc) is 3.00. The third-order valence-corrected chi connectivity index (χ3v) is 5.81. The van der Waals surface area contributed by atoms with Gasteiger partial charge in [0.05, 0.1) is 12.1 Å². The van der Waals surface area contributed by atoms with E-state index in [0.717, 1.165) is 5.56 Å². The number of carbonyl (C=O) groups is 2. The number of rotatable bonds is 6. The van der Waals surface area contributed by atoms with E-state index in [1.54, 1.807) is 41.3 Å². The summed E-state index contributed by atoms with van der Waals surface area (Å²) in [7, 11) is 0. The molecule has 9 heteroatoms. The molecule has 1 aliphatic rings. The molecular weight excluding hydrogens is 468 g/mol. The van der Waals surface area contributed by atoms with Gasteiger partial charge in [-0.1, -0.05) is 29.8 Å². The van der Waals surface area contributed by atoms with Crippen LogP contribution in [0, 0.1) is 11.6 Å². The molecule has 0 aliphatic carbocycles. The topological polar surface area (TPSA) is 52.7 Å². The number of benzene rings is 3. The summed E-state index contributed by atoms with van der Waals surface area (Å²) in [6, 6.07) is 17.0. The van der Waals surface area contributed by atoms with E-state index in [-0.39, 0.29) is 29.8 Å². The second-order valence-electron chi connectivity index (χ2n) is 7.47. The van der Waals surface area contributed by atoms with Crippen molar-refractivity contribution in [3.8, 4) is 0 Å². The minimum atomic E-state index is -0.887. The zero-order valence-electron chi connectivity index (χ0n) is 17.2. The summed E-state index contributed by atoms with van der Waals surface area (Å²) in [5, 5.41) is 3.32. The monoisotopic (exact) mass is 485 g/mol. The quantitative estimate of drug-likeness (QED) is 0.491. The molecular formula is C24H18ClF2N3O2S. The zero-order chi connectivity index (χ0) is 23.5. The van der Waals surface area contributed by atoms with E-state index in [9.17, 15) is 18.4 Å². The molecule has 1 unspecified atom stereocenters. The fourth-order valence-corrected chi connectivity index (χ4v) is 4.15. The molecule has 1 aliphatic heterocycles. The normalized spacial score (nSPS) is 15.8. The largest absolute Gasteiger partial charge is 0.332 e. The van der Waals surface area contributed by atoms with E-state index in [0.29, 0.717) is 16.4 Å². The standard InChI is InChI=1S/C24H18ClF2N3O2S/c25-16-2-1-3-20(12-16)30-23(32)21(13-22(31)28-19-10-8-18(27)9-11-19)29(24(30)33)14-15-4-6-17(26)7-5-15/h1-12,21H,13-14H2,(H,28,31). The van der Waals surface area contributed by atoms with Gasteiger partial charge in [-0.25, -0.2) is 8.78 Å². The van der Waals surface area contributed by atoms with Crippen molar-refractivity contribution >= 4 is 52.1 Å². The number of thiocarbonyl (C=S) groups is 1. The van der Waals surface area contributed by atoms with Crippen LogP contribution < -0.4 is 10.2 Å². The van der Waals surface area contributed by atoms with Crippen LogP contribution in [0.5, 0.6) is 0 Å². The molecule has 0 spiro atoms. The lowest BCUT2D eigenvalue weighted by molar-refractivity contribution is -0.124. The summed E-state index contributed by atoms with van der Waals surface area (Å²) in [6.07, 6.45) is -0.186. The van der Waals surface area contributed by atoms with Gasteiger partial charge in [0.2, 0.25) is 5.91 Å². The summed E-state index contributed by atoms with van der Waals surface area (Å²) in [5.74, 6) is -1.61. The smallest absolute Gasteiger partial charge is 0.256 e. The Morgan fingerprint density at radius 1 is 1.00 bits per heavy atom. The Bertz CT molecular complexity index is 1210. The van der Waals surface area contributed by atoms with Gasteiger partial charge >= 0.3 is 0 Å². The first-order valence-electron chi connectivity index (χ1n) is 10.0. The molecule has 0 aromatic heterocycles. The van der Waals surface area contributed by atoms with Gasteiger partial charge < -0.3 is 10.2 Å². The second kappa shape index (κ2) is 9.64. The van der Waals surface area contributed by atoms with Gasteiger partial charge in [0.25, 0.3) is 5.91 Å². The lowest BCUT2D eigenvalue weighted by Gasteiger charge is -2.24. The van der Waals surface area contributed by atoms with Crippen LogP contribution >= 0.6 is 23.8 Å². The molecule has 1 saturated heterocycles. The van der Waals surface area contributed by atoms with E-state index >= 15 is 0 Å². The highest BCUT2D eigenvalue weighted by molar-refractivity contribution is 7.80. The third kappa shape index (κ3) is 5.18. The van der Waals surface area contributed by atoms with Gasteiger partial charge in [-0.2, -0.15) is 0 Å². The van der Waals surface area contributed by atoms with Crippen LogP contribution in [0.15, 0.2) is 72.8 Å². The number of hydrogen-bond acceptors (Lipinski definition) is 3. The summed E-state index contributed by atoms with van der Waals surface area (Å²) in [6.45, 7) is 0.205. The molecule has 5 nitrogen and oxygen atoms in total. The van der Waals surface area contributed by atoms with Crippen molar-refractivity contribution in [2.45, 2.75) is 19.0 Å². The number of nitrogens with one attached hydrogen (secondary N) is 1. The molecule has 1 N–H and O–H groups in total. The molecule has 33 heavy (non-hydrogen) atoms. The predicted molar refractivity (Wildman–Crippen MR) is 127 cm³/mol. The van der Waals surface area contributed by atoms with Gasteiger partial charge in [0.1, 0.15) is 17.7 Å². The maximum atomic E-state index is 13.4. The molecule has 1 fully saturated rings. The Balaban J connectivity index is 1.60. The first kappa shape index (κ1) is 22.8. The van der Waals surface area contributed by atoms with E-state index in [2.05, 4.69) is 5.32 Å². The Morgan fingerprint density at radius 2 is 1.64 bits per heavy atom. The summed E-state index contributed by atoms with van der Waals surface area (Å²) in [4.78, 5) is 29.1. The predicted octanol–water partition coefficient (Wildman–Crippen LogP) is 5.15. The van der Waals surface area contributed by atoms with Crippen molar-refractivity contribution in [2.75, 3.05) is 10.2 Å². The number of nitrogens with zero attached hydrogens (tertiary/aromatic N) is 2. The van der Waals surface area contributed by atoms with Crippen molar-refractivity contribution < 1.29 is 18.4 Å². The molecule has 2 amide bonds. The average molecular weight is 486 g/mol. The highest BCUT2D eigenvalue weighted by atomic mass is 35.5. The molecule has 1 atom stereocenters. The first-order chi connectivity index (χ1) is 15.8. The number of amides is 2. The van der Waals surface area contributed by atoms with E-state index in [1.165, 1.54) is 41.3 Å². The summed E-state index contributed by atoms with van der Waals surface area (Å²) in [5.41, 5.74) is 1.62. The van der Waals surface area contributed by atoms with Crippen molar-refractivity contribution in [1.82, 2.24) is 4.90 Å². The zero-order valence-corrected chi connectivity index (χ0v) is 18.7. The molecule has 3 aromatic carbocycles. The van der Waals surface area contributed by atoms with Crippen molar-refractivity contribution in [3.05, 3.63) is 95.0 Å². The first-order valence-corrected chi connectivity index (χ1v) is 10.8. The van der Waals surface area contributed by atoms with Crippen molar-refractivity contribution in [2.24, 2.45) is 0 Å². The van der Waals surface area contributed by atoms with Gasteiger partial charge in [0.15, 0.2) is 5.11 Å². The lowest BCUT2D eigenvalue weighted by Crippen LogP contribution is -2.37. The van der Waals surface area contributed by atoms with Gasteiger partial charge in [0, 0.05) is 17.3 Å². The molecule has 4 rings (SSSR count). The van der Waals surface area contributed by atoms with Crippen LogP contribution in [0.2, 0.25) is 5.02 Å². The molecule has 3 aromatic rings. The maximum Gasteiger partial charge on any atom is 0.256 e. The van der Waals surface area contributed by atoms with E-state index < -0.39 is 17.8 Å². The third-order valence-electron chi connectivity index (χ3n) is 5.16. The lowest BCUT2D eigenvalue weighted by atomic mass is 10.1. The van der Waals surface area contributed by atoms with Gasteiger partial charge in [-0.15, -0.1) is 0 Å². The van der Waals surface area contributed by atoms with Crippen LogP contribution in [-0.4, -0.2) is 27.9 Å². The second-order valence-corrected chi connectivity index (χ2v) is 8.27. The minimum absolute atomic E-state index is 0.186. The molecule has 0 saturated carbocycles. The Morgan fingerprint density at radius 3 is 2.27 bits per heavy atom. The Hall–Kier alpha value is -3.36. The number of anilines is 2. The summed E-state index contributed by atoms with van der Waals surface area (Å²) < 4.78 is 26.5. The van der Waals surface area contributed by atoms with Crippen LogP contribution in [-0.2, 0) is 16.1 Å². The highest BCUT2D eigenvalue weighted by Crippen LogP contribution is 2.30. The van der Waals surface area contributed by atoms with Crippen LogP contribution in [0.4, 0.5) is 20.2 Å². The fourth-order valence-electron chi connectivity index (χ4n) is 3.57.